The first-order valence-corrected chi connectivity index (χ1v) is 30.8. The van der Waals surface area contributed by atoms with E-state index in [9.17, 15) is 105 Å². The van der Waals surface area contributed by atoms with Crippen molar-refractivity contribution in [2.75, 3.05) is 5.73 Å². The van der Waals surface area contributed by atoms with Crippen LogP contribution in [0.4, 0.5) is 56.9 Å². The van der Waals surface area contributed by atoms with Crippen LogP contribution in [0, 0.1) is 17.0 Å². The predicted octanol–water partition coefficient (Wildman–Crippen LogP) is 7.22. The van der Waals surface area contributed by atoms with Gasteiger partial charge < -0.3 is 30.9 Å². The second kappa shape index (κ2) is 24.6. The summed E-state index contributed by atoms with van der Waals surface area (Å²) in [5, 5.41) is 87.2. The highest BCUT2D eigenvalue weighted by atomic mass is 32.2. The predicted molar refractivity (Wildman–Crippen MR) is 294 cm³/mol. The third-order valence-electron chi connectivity index (χ3n) is 11.6. The molecule has 8 rings (SSSR count). The van der Waals surface area contributed by atoms with Crippen LogP contribution in [0.2, 0.25) is 0 Å². The van der Waals surface area contributed by atoms with E-state index in [0.29, 0.717) is 22.9 Å². The van der Waals surface area contributed by atoms with Gasteiger partial charge in [-0.05, 0) is 90.7 Å². The summed E-state index contributed by atoms with van der Waals surface area (Å²) in [5.41, 5.74) is -1.62. The number of aromatic carboxylic acids is 1. The molecule has 1 heterocycles. The van der Waals surface area contributed by atoms with Gasteiger partial charge in [0.2, 0.25) is 11.6 Å². The minimum atomic E-state index is -5.38. The zero-order valence-corrected chi connectivity index (χ0v) is 48.0. The second-order valence-electron chi connectivity index (χ2n) is 17.1. The number of non-ortho nitro benzene ring substituents is 1. The van der Waals surface area contributed by atoms with Crippen LogP contribution in [0.15, 0.2) is 156 Å². The molecule has 0 fully saturated rings. The zero-order valence-electron chi connectivity index (χ0n) is 43.1. The number of nitrogen functional groups attached to an aromatic ring is 1. The fourth-order valence-corrected chi connectivity index (χ4v) is 10.9. The van der Waals surface area contributed by atoms with Crippen molar-refractivity contribution in [1.82, 2.24) is 9.78 Å². The number of nitro groups is 1. The van der Waals surface area contributed by atoms with Crippen molar-refractivity contribution < 1.29 is 117 Å². The third-order valence-corrected chi connectivity index (χ3v) is 15.9. The topological polar surface area (TPSA) is 633 Å². The van der Waals surface area contributed by atoms with E-state index in [2.05, 4.69) is 46.0 Å². The lowest BCUT2D eigenvalue weighted by molar-refractivity contribution is -0.385. The molecule has 0 spiro atoms. The van der Waals surface area contributed by atoms with Gasteiger partial charge in [0.1, 0.15) is 48.0 Å². The van der Waals surface area contributed by atoms with Crippen molar-refractivity contribution in [3.63, 3.8) is 0 Å². The first kappa shape index (κ1) is 65.9. The normalized spacial score (nSPS) is 12.5. The van der Waals surface area contributed by atoms with Gasteiger partial charge in [-0.1, -0.05) is 6.07 Å². The minimum absolute atomic E-state index is 0.100. The number of azo groups is 4. The number of nitrogens with two attached hydrogens (primary N) is 1. The summed E-state index contributed by atoms with van der Waals surface area (Å²) in [6, 6.07) is 12.4. The van der Waals surface area contributed by atoms with Gasteiger partial charge >= 0.3 is 16.6 Å². The standard InChI is InChI=1S/C44H30N12O24S5.O3S/c1-18-10-29(50-53-39-42(80-17-57)54-55(43(39)60)31-9-4-22(81(65,66)67)14-25(31)44(61)62)34(84(74,75)76)15-28(18)49-52-38-35(85(77,78)79)12-19-11-20(2-5-23(19)40(38)58)46-51-30-16-32(82(68,69)70)24-6-8-27(41(59)36(24)37(30)45)48-47-26-7-3-21(56(63)64)13-33(26)83(71,72)73;1-4(2)3/h2-17,58-60H,45H2,1H3,(H,61,62)(H,65,66,67)(H,68,69,70)(H,71,72,73)(H,74,75,76)(H,77,78,79);. The third kappa shape index (κ3) is 14.5. The van der Waals surface area contributed by atoms with E-state index in [1.165, 1.54) is 6.92 Å². The van der Waals surface area contributed by atoms with Crippen LogP contribution >= 0.6 is 0 Å². The van der Waals surface area contributed by atoms with Gasteiger partial charge in [0, 0.05) is 22.9 Å². The van der Waals surface area contributed by atoms with E-state index in [0.717, 1.165) is 72.8 Å². The molecule has 8 aromatic rings. The van der Waals surface area contributed by atoms with E-state index in [1.807, 2.05) is 0 Å². The van der Waals surface area contributed by atoms with E-state index in [1.54, 1.807) is 0 Å². The Morgan fingerprint density at radius 3 is 1.73 bits per heavy atom. The first-order valence-electron chi connectivity index (χ1n) is 22.6. The first-order chi connectivity index (χ1) is 41.2. The van der Waals surface area contributed by atoms with Crippen molar-refractivity contribution in [3.05, 3.63) is 112 Å². The SMILES string of the molecule is Cc1cc(N=Nc2c(OC=O)nn(-c3ccc(S(=O)(=O)O)cc3C(=O)O)c2O)c(S(=O)(=O)O)cc1N=Nc1c(S(=O)(=O)O)cc2cc(N=Nc3cc(S(=O)(=O)O)c4ccc(N=Nc5ccc([N+](=O)[O-])cc5S(=O)(=O)O)c(O)c4c3N)ccc2c1O.O=S(=O)=O. The maximum Gasteiger partial charge on any atom is 0.425 e. The van der Waals surface area contributed by atoms with Crippen LogP contribution in [0.25, 0.3) is 27.2 Å². The summed E-state index contributed by atoms with van der Waals surface area (Å²) in [5.74, 6) is -5.79. The number of phenols is 2. The molecule has 7 aromatic carbocycles. The molecule has 0 atom stereocenters. The Hall–Kier alpha value is -10.6. The van der Waals surface area contributed by atoms with Gasteiger partial charge in [-0.25, -0.2) is 4.79 Å². The summed E-state index contributed by atoms with van der Waals surface area (Å²) >= 11 is 0. The van der Waals surface area contributed by atoms with Gasteiger partial charge in [-0.15, -0.1) is 48.4 Å². The lowest BCUT2D eigenvalue weighted by atomic mass is 10.1. The zero-order chi connectivity index (χ0) is 66.2. The van der Waals surface area contributed by atoms with Crippen molar-refractivity contribution in [1.29, 1.82) is 0 Å². The molecule has 39 nitrogen and oxygen atoms in total. The highest BCUT2D eigenvalue weighted by Gasteiger charge is 2.29. The number of carbonyl (C=O) groups is 2. The Morgan fingerprint density at radius 1 is 0.607 bits per heavy atom. The van der Waals surface area contributed by atoms with E-state index in [-0.39, 0.29) is 28.5 Å². The summed E-state index contributed by atoms with van der Waals surface area (Å²) in [6.07, 6.45) is 0. The number of aromatic nitrogens is 2. The molecule has 0 amide bonds. The fraction of sp³-hybridized carbons (Fsp3) is 0.0227. The molecule has 11 N–H and O–H groups in total. The Labute approximate surface area is 495 Å². The molecule has 89 heavy (non-hydrogen) atoms. The Bertz CT molecular complexity index is 5250. The maximum absolute atomic E-state index is 12.8. The number of anilines is 1. The van der Waals surface area contributed by atoms with Crippen molar-refractivity contribution in [2.45, 2.75) is 31.4 Å². The maximum atomic E-state index is 12.8. The smallest absolute Gasteiger partial charge is 0.425 e. The van der Waals surface area contributed by atoms with Crippen LogP contribution in [0.3, 0.4) is 0 Å². The number of nitrogens with zero attached hydrogens (tertiary/aromatic N) is 11. The van der Waals surface area contributed by atoms with Gasteiger partial charge in [-0.2, -0.15) is 57.0 Å². The highest BCUT2D eigenvalue weighted by Crippen LogP contribution is 2.48. The van der Waals surface area contributed by atoms with Crippen LogP contribution < -0.4 is 10.5 Å². The van der Waals surface area contributed by atoms with Crippen molar-refractivity contribution >= 4 is 152 Å². The molecule has 1 aromatic heterocycles. The van der Waals surface area contributed by atoms with Crippen LogP contribution in [-0.4, -0.2) is 125 Å². The quantitative estimate of drug-likeness (QED) is 0.0101. The average Bonchev–Trinajstić information content (AvgIpc) is 0.910. The number of hydrogen-bond acceptors (Lipinski definition) is 31. The van der Waals surface area contributed by atoms with E-state index >= 15 is 0 Å². The lowest BCUT2D eigenvalue weighted by Crippen LogP contribution is -2.09. The van der Waals surface area contributed by atoms with Crippen molar-refractivity contribution in [3.8, 4) is 28.9 Å². The van der Waals surface area contributed by atoms with Crippen molar-refractivity contribution in [2.24, 2.45) is 40.9 Å². The summed E-state index contributed by atoms with van der Waals surface area (Å²) in [4.78, 5) is 28.6. The number of rotatable bonds is 18. The largest absolute Gasteiger partial charge is 0.505 e. The number of aromatic hydroxyl groups is 3. The number of carboxylic acids is 1. The molecule has 0 aliphatic heterocycles. The molecule has 0 bridgehead atoms. The highest BCUT2D eigenvalue weighted by molar-refractivity contribution is 7.87. The fourth-order valence-electron chi connectivity index (χ4n) is 7.72. The Kier molecular flexibility index (Phi) is 18.2. The number of nitro benzene ring substituents is 1. The summed E-state index contributed by atoms with van der Waals surface area (Å²) in [7, 11) is -29.1. The monoisotopic (exact) mass is 1350 g/mol. The van der Waals surface area contributed by atoms with Crippen LogP contribution in [0.5, 0.6) is 23.3 Å². The number of hydrogen-bond donors (Lipinski definition) is 10. The number of ether oxygens (including phenoxy) is 1. The Balaban J connectivity index is 0.00000274. The molecule has 0 unspecified atom stereocenters. The average molecular weight is 1350 g/mol. The van der Waals surface area contributed by atoms with Gasteiger partial charge in [0.05, 0.1) is 43.5 Å². The number of carboxylic acid groups (broad SMARTS) is 1. The van der Waals surface area contributed by atoms with Gasteiger partial charge in [-0.3, -0.25) is 37.7 Å². The Morgan fingerprint density at radius 2 is 1.15 bits per heavy atom. The molecular formula is C44H30N12O27S6. The van der Waals surface area contributed by atoms with Crippen LogP contribution in [-0.2, 0) is 66.0 Å². The second-order valence-corrected chi connectivity index (χ2v) is 24.5. The molecule has 0 saturated heterocycles. The summed E-state index contributed by atoms with van der Waals surface area (Å²) < 4.78 is 204. The number of phenolic OH excluding ortho intramolecular Hbond substituents is 2. The molecule has 0 aliphatic rings. The van der Waals surface area contributed by atoms with Crippen LogP contribution in [0.1, 0.15) is 15.9 Å². The number of fused-ring (bicyclic) bond motifs is 2. The number of aryl methyl sites for hydroxylation is 1. The molecule has 0 aliphatic carbocycles. The van der Waals surface area contributed by atoms with Gasteiger partial charge in [0.15, 0.2) is 11.5 Å². The summed E-state index contributed by atoms with van der Waals surface area (Å²) in [6.45, 7) is 1.02. The molecule has 0 radical (unpaired) electrons. The van der Waals surface area contributed by atoms with Gasteiger partial charge in [0.25, 0.3) is 68.6 Å². The lowest BCUT2D eigenvalue weighted by Gasteiger charge is -2.12. The molecule has 464 valence electrons. The minimum Gasteiger partial charge on any atom is -0.505 e. The van der Waals surface area contributed by atoms with E-state index < -0.39 is 193 Å². The van der Waals surface area contributed by atoms with E-state index in [4.69, 9.17) is 23.1 Å². The number of benzene rings is 7. The number of carbonyl (C=O) groups excluding carboxylic acids is 1. The molecule has 45 heteroatoms. The molecule has 0 saturated carbocycles. The molecular weight excluding hydrogens is 1320 g/mol.